The molecule has 5 nitrogen and oxygen atoms in total. The van der Waals surface area contributed by atoms with Gasteiger partial charge in [-0.25, -0.2) is 9.50 Å². The number of aromatic nitrogens is 3. The maximum absolute atomic E-state index is 5.95. The summed E-state index contributed by atoms with van der Waals surface area (Å²) >= 11 is 5.95. The van der Waals surface area contributed by atoms with E-state index in [1.54, 1.807) is 0 Å². The van der Waals surface area contributed by atoms with E-state index in [0.717, 1.165) is 49.1 Å². The molecule has 0 N–H and O–H groups in total. The minimum atomic E-state index is 0.790. The van der Waals surface area contributed by atoms with E-state index in [0.29, 0.717) is 0 Å². The van der Waals surface area contributed by atoms with Crippen molar-refractivity contribution in [1.29, 1.82) is 0 Å². The number of halogens is 1. The van der Waals surface area contributed by atoms with Gasteiger partial charge in [-0.2, -0.15) is 5.10 Å². The largest absolute Gasteiger partial charge is 0.352 e. The van der Waals surface area contributed by atoms with Crippen LogP contribution in [-0.4, -0.2) is 45.7 Å². The van der Waals surface area contributed by atoms with Gasteiger partial charge in [0.15, 0.2) is 5.82 Å². The van der Waals surface area contributed by atoms with Crippen LogP contribution in [0.25, 0.3) is 5.52 Å². The number of hydrogen-bond donors (Lipinski definition) is 0. The second-order valence-electron chi connectivity index (χ2n) is 5.80. The molecule has 1 aromatic carbocycles. The van der Waals surface area contributed by atoms with Crippen LogP contribution in [0.4, 0.5) is 5.82 Å². The summed E-state index contributed by atoms with van der Waals surface area (Å²) in [4.78, 5) is 9.36. The Morgan fingerprint density at radius 3 is 2.52 bits per heavy atom. The molecule has 0 radical (unpaired) electrons. The van der Waals surface area contributed by atoms with Crippen LogP contribution in [0, 0.1) is 0 Å². The Morgan fingerprint density at radius 1 is 0.957 bits per heavy atom. The second kappa shape index (κ2) is 6.18. The normalized spacial score (nSPS) is 16.1. The molecule has 23 heavy (non-hydrogen) atoms. The van der Waals surface area contributed by atoms with Crippen molar-refractivity contribution in [2.45, 2.75) is 6.54 Å². The zero-order valence-electron chi connectivity index (χ0n) is 12.8. The van der Waals surface area contributed by atoms with Crippen LogP contribution in [0.3, 0.4) is 0 Å². The molecule has 0 amide bonds. The smallest absolute Gasteiger partial charge is 0.154 e. The molecule has 1 saturated heterocycles. The minimum Gasteiger partial charge on any atom is -0.352 e. The Balaban J connectivity index is 1.43. The van der Waals surface area contributed by atoms with Crippen LogP contribution in [0.1, 0.15) is 5.56 Å². The maximum Gasteiger partial charge on any atom is 0.154 e. The molecule has 0 saturated carbocycles. The van der Waals surface area contributed by atoms with Crippen molar-refractivity contribution in [3.63, 3.8) is 0 Å². The van der Waals surface area contributed by atoms with Gasteiger partial charge in [0, 0.05) is 50.1 Å². The third-order valence-corrected chi connectivity index (χ3v) is 4.55. The van der Waals surface area contributed by atoms with E-state index in [2.05, 4.69) is 32.0 Å². The number of anilines is 1. The van der Waals surface area contributed by atoms with Crippen LogP contribution in [0.15, 0.2) is 48.9 Å². The quantitative estimate of drug-likeness (QED) is 0.741. The molecule has 1 fully saturated rings. The van der Waals surface area contributed by atoms with Crippen LogP contribution >= 0.6 is 11.6 Å². The summed E-state index contributed by atoms with van der Waals surface area (Å²) in [6.45, 7) is 4.98. The Labute approximate surface area is 140 Å². The van der Waals surface area contributed by atoms with E-state index in [-0.39, 0.29) is 0 Å². The highest BCUT2D eigenvalue weighted by Crippen LogP contribution is 2.20. The predicted octanol–water partition coefficient (Wildman–Crippen LogP) is 2.70. The Hall–Kier alpha value is -2.11. The zero-order valence-corrected chi connectivity index (χ0v) is 13.5. The molecule has 3 aromatic rings. The van der Waals surface area contributed by atoms with E-state index in [1.165, 1.54) is 5.56 Å². The SMILES string of the molecule is Clc1ccc(CN2CCN(c3nccn4nccc34)CC2)cc1. The highest BCUT2D eigenvalue weighted by atomic mass is 35.5. The average Bonchev–Trinajstić information content (AvgIpc) is 3.06. The second-order valence-corrected chi connectivity index (χ2v) is 6.24. The van der Waals surface area contributed by atoms with Gasteiger partial charge in [0.05, 0.1) is 6.20 Å². The fourth-order valence-electron chi connectivity index (χ4n) is 3.05. The molecule has 0 aliphatic carbocycles. The van der Waals surface area contributed by atoms with Crippen molar-refractivity contribution in [3.8, 4) is 0 Å². The highest BCUT2D eigenvalue weighted by molar-refractivity contribution is 6.30. The Morgan fingerprint density at radius 2 is 1.74 bits per heavy atom. The van der Waals surface area contributed by atoms with Gasteiger partial charge in [0.2, 0.25) is 0 Å². The molecule has 0 spiro atoms. The summed E-state index contributed by atoms with van der Waals surface area (Å²) in [5, 5.41) is 5.07. The van der Waals surface area contributed by atoms with E-state index >= 15 is 0 Å². The van der Waals surface area contributed by atoms with Gasteiger partial charge in [-0.05, 0) is 23.8 Å². The molecule has 0 unspecified atom stereocenters. The van der Waals surface area contributed by atoms with Crippen molar-refractivity contribution in [1.82, 2.24) is 19.5 Å². The first-order chi connectivity index (χ1) is 11.3. The van der Waals surface area contributed by atoms with Crippen molar-refractivity contribution in [2.24, 2.45) is 0 Å². The number of rotatable bonds is 3. The molecule has 0 bridgehead atoms. The number of hydrogen-bond acceptors (Lipinski definition) is 4. The molecule has 4 rings (SSSR count). The topological polar surface area (TPSA) is 36.7 Å². The van der Waals surface area contributed by atoms with E-state index < -0.39 is 0 Å². The molecule has 3 heterocycles. The number of piperazine rings is 1. The first kappa shape index (κ1) is 14.5. The van der Waals surface area contributed by atoms with Crippen LogP contribution in [-0.2, 0) is 6.54 Å². The summed E-state index contributed by atoms with van der Waals surface area (Å²) in [7, 11) is 0. The lowest BCUT2D eigenvalue weighted by Crippen LogP contribution is -2.46. The van der Waals surface area contributed by atoms with Gasteiger partial charge in [0.25, 0.3) is 0 Å². The summed E-state index contributed by atoms with van der Waals surface area (Å²) in [5.74, 6) is 1.02. The molecule has 1 aliphatic rings. The van der Waals surface area contributed by atoms with Gasteiger partial charge in [-0.1, -0.05) is 23.7 Å². The minimum absolute atomic E-state index is 0.790. The average molecular weight is 328 g/mol. The fraction of sp³-hybridized carbons (Fsp3) is 0.294. The first-order valence-electron chi connectivity index (χ1n) is 7.80. The van der Waals surface area contributed by atoms with E-state index in [1.807, 2.05) is 41.3 Å². The molecule has 118 valence electrons. The molecule has 1 aliphatic heterocycles. The van der Waals surface area contributed by atoms with Gasteiger partial charge < -0.3 is 4.90 Å². The fourth-order valence-corrected chi connectivity index (χ4v) is 3.18. The summed E-state index contributed by atoms with van der Waals surface area (Å²) in [5.41, 5.74) is 2.37. The van der Waals surface area contributed by atoms with E-state index in [9.17, 15) is 0 Å². The third kappa shape index (κ3) is 3.02. The predicted molar refractivity (Wildman–Crippen MR) is 91.9 cm³/mol. The summed E-state index contributed by atoms with van der Waals surface area (Å²) in [6.07, 6.45) is 5.52. The Bertz CT molecular complexity index is 790. The third-order valence-electron chi connectivity index (χ3n) is 4.30. The zero-order chi connectivity index (χ0) is 15.6. The van der Waals surface area contributed by atoms with Gasteiger partial charge in [-0.15, -0.1) is 0 Å². The lowest BCUT2D eigenvalue weighted by atomic mass is 10.2. The van der Waals surface area contributed by atoms with Gasteiger partial charge >= 0.3 is 0 Å². The van der Waals surface area contributed by atoms with Crippen molar-refractivity contribution in [2.75, 3.05) is 31.1 Å². The van der Waals surface area contributed by atoms with Crippen molar-refractivity contribution < 1.29 is 0 Å². The number of fused-ring (bicyclic) bond motifs is 1. The van der Waals surface area contributed by atoms with Gasteiger partial charge in [0.1, 0.15) is 5.52 Å². The van der Waals surface area contributed by atoms with E-state index in [4.69, 9.17) is 11.6 Å². The molecule has 0 atom stereocenters. The van der Waals surface area contributed by atoms with Crippen LogP contribution in [0.2, 0.25) is 5.02 Å². The highest BCUT2D eigenvalue weighted by Gasteiger charge is 2.20. The lowest BCUT2D eigenvalue weighted by molar-refractivity contribution is 0.249. The molecular weight excluding hydrogens is 310 g/mol. The summed E-state index contributed by atoms with van der Waals surface area (Å²) < 4.78 is 1.88. The maximum atomic E-state index is 5.95. The monoisotopic (exact) mass is 327 g/mol. The lowest BCUT2D eigenvalue weighted by Gasteiger charge is -2.35. The molecular formula is C17H18ClN5. The van der Waals surface area contributed by atoms with Crippen LogP contribution in [0.5, 0.6) is 0 Å². The van der Waals surface area contributed by atoms with Gasteiger partial charge in [-0.3, -0.25) is 4.90 Å². The van der Waals surface area contributed by atoms with Crippen molar-refractivity contribution in [3.05, 3.63) is 59.5 Å². The standard InChI is InChI=1S/C17H18ClN5/c18-15-3-1-14(2-4-15)13-21-9-11-22(12-10-21)17-16-5-6-20-23(16)8-7-19-17/h1-8H,9-13H2. The summed E-state index contributed by atoms with van der Waals surface area (Å²) in [6, 6.07) is 10.1. The number of benzene rings is 1. The Kier molecular flexibility index (Phi) is 3.89. The van der Waals surface area contributed by atoms with Crippen LogP contribution < -0.4 is 4.90 Å². The first-order valence-corrected chi connectivity index (χ1v) is 8.17. The molecule has 6 heteroatoms. The number of nitrogens with zero attached hydrogens (tertiary/aromatic N) is 5. The van der Waals surface area contributed by atoms with Crippen molar-refractivity contribution >= 4 is 22.9 Å². The molecule has 2 aromatic heterocycles.